The smallest absolute Gasteiger partial charge is 0.275 e. The van der Waals surface area contributed by atoms with Gasteiger partial charge >= 0.3 is 0 Å². The Morgan fingerprint density at radius 2 is 2.26 bits per heavy atom. The lowest BCUT2D eigenvalue weighted by Crippen LogP contribution is -2.16. The van der Waals surface area contributed by atoms with E-state index >= 15 is 0 Å². The second-order valence-corrected chi connectivity index (χ2v) is 4.21. The van der Waals surface area contributed by atoms with Crippen molar-refractivity contribution in [3.8, 4) is 0 Å². The van der Waals surface area contributed by atoms with Crippen LogP contribution in [0, 0.1) is 0 Å². The van der Waals surface area contributed by atoms with Gasteiger partial charge in [-0.1, -0.05) is 13.0 Å². The normalized spacial score (nSPS) is 10.5. The number of anilines is 1. The summed E-state index contributed by atoms with van der Waals surface area (Å²) in [5.74, 6) is 0.282. The molecule has 100 valence electrons. The van der Waals surface area contributed by atoms with Crippen LogP contribution >= 0.6 is 0 Å². The van der Waals surface area contributed by atoms with Crippen molar-refractivity contribution < 1.29 is 4.79 Å². The highest BCUT2D eigenvalue weighted by atomic mass is 16.2. The molecule has 6 heteroatoms. The number of aryl methyl sites for hydroxylation is 2. The van der Waals surface area contributed by atoms with Crippen LogP contribution in [0.1, 0.15) is 28.7 Å². The molecular formula is C13H17N5O. The van der Waals surface area contributed by atoms with Gasteiger partial charge in [-0.3, -0.25) is 9.48 Å². The predicted molar refractivity (Wildman–Crippen MR) is 72.7 cm³/mol. The average molecular weight is 259 g/mol. The van der Waals surface area contributed by atoms with E-state index in [2.05, 4.69) is 15.4 Å². The Morgan fingerprint density at radius 3 is 2.79 bits per heavy atom. The summed E-state index contributed by atoms with van der Waals surface area (Å²) >= 11 is 0. The summed E-state index contributed by atoms with van der Waals surface area (Å²) in [5.41, 5.74) is 7.82. The van der Waals surface area contributed by atoms with Crippen molar-refractivity contribution in [1.82, 2.24) is 14.8 Å². The molecule has 6 nitrogen and oxygen atoms in total. The Hall–Kier alpha value is -2.21. The zero-order chi connectivity index (χ0) is 13.8. The van der Waals surface area contributed by atoms with Crippen LogP contribution in [0.3, 0.4) is 0 Å². The molecule has 2 aromatic rings. The van der Waals surface area contributed by atoms with Crippen molar-refractivity contribution >= 4 is 11.7 Å². The van der Waals surface area contributed by atoms with Gasteiger partial charge in [0.05, 0.1) is 5.69 Å². The second kappa shape index (κ2) is 5.62. The Morgan fingerprint density at radius 1 is 1.47 bits per heavy atom. The largest absolute Gasteiger partial charge is 0.326 e. The quantitative estimate of drug-likeness (QED) is 0.860. The molecule has 0 aliphatic rings. The highest BCUT2D eigenvalue weighted by Crippen LogP contribution is 2.09. The van der Waals surface area contributed by atoms with Gasteiger partial charge in [0.15, 0.2) is 0 Å². The fraction of sp³-hybridized carbons (Fsp3) is 0.308. The van der Waals surface area contributed by atoms with Gasteiger partial charge in [0.2, 0.25) is 0 Å². The molecular weight excluding hydrogens is 242 g/mol. The monoisotopic (exact) mass is 259 g/mol. The number of nitrogens with zero attached hydrogens (tertiary/aromatic N) is 3. The van der Waals surface area contributed by atoms with E-state index in [1.807, 2.05) is 13.0 Å². The van der Waals surface area contributed by atoms with Crippen molar-refractivity contribution in [3.63, 3.8) is 0 Å². The maximum Gasteiger partial charge on any atom is 0.275 e. The first-order valence-electron chi connectivity index (χ1n) is 6.13. The lowest BCUT2D eigenvalue weighted by molar-refractivity contribution is 0.101. The lowest BCUT2D eigenvalue weighted by Gasteiger charge is -2.04. The summed E-state index contributed by atoms with van der Waals surface area (Å²) in [4.78, 5) is 16.2. The standard InChI is InChI=1S/C13H17N5O/c1-3-10-6-11(18(2)17-10)13(19)16-12-5-4-9(7-14)8-15-12/h4-6,8H,3,7,14H2,1-2H3,(H,15,16,19). The van der Waals surface area contributed by atoms with E-state index in [0.29, 0.717) is 18.1 Å². The fourth-order valence-corrected chi connectivity index (χ4v) is 1.71. The van der Waals surface area contributed by atoms with E-state index < -0.39 is 0 Å². The zero-order valence-corrected chi connectivity index (χ0v) is 11.1. The molecule has 0 bridgehead atoms. The maximum absolute atomic E-state index is 12.1. The van der Waals surface area contributed by atoms with Gasteiger partial charge in [-0.25, -0.2) is 4.98 Å². The van der Waals surface area contributed by atoms with E-state index in [4.69, 9.17) is 5.73 Å². The van der Waals surface area contributed by atoms with E-state index in [0.717, 1.165) is 17.7 Å². The van der Waals surface area contributed by atoms with Crippen LogP contribution in [0.5, 0.6) is 0 Å². The van der Waals surface area contributed by atoms with Crippen LogP contribution in [-0.2, 0) is 20.0 Å². The molecule has 2 rings (SSSR count). The molecule has 3 N–H and O–H groups in total. The minimum Gasteiger partial charge on any atom is -0.326 e. The van der Waals surface area contributed by atoms with Crippen LogP contribution in [-0.4, -0.2) is 20.7 Å². The van der Waals surface area contributed by atoms with Gasteiger partial charge < -0.3 is 11.1 Å². The minimum absolute atomic E-state index is 0.220. The molecule has 0 radical (unpaired) electrons. The molecule has 0 saturated carbocycles. The molecule has 2 heterocycles. The van der Waals surface area contributed by atoms with Crippen LogP contribution in [0.15, 0.2) is 24.4 Å². The number of carbonyl (C=O) groups is 1. The average Bonchev–Trinajstić information content (AvgIpc) is 2.81. The van der Waals surface area contributed by atoms with Gasteiger partial charge in [-0.05, 0) is 24.1 Å². The van der Waals surface area contributed by atoms with Crippen molar-refractivity contribution in [2.45, 2.75) is 19.9 Å². The number of carbonyl (C=O) groups excluding carboxylic acids is 1. The number of aromatic nitrogens is 3. The summed E-state index contributed by atoms with van der Waals surface area (Å²) in [6.07, 6.45) is 2.45. The Balaban J connectivity index is 2.13. The van der Waals surface area contributed by atoms with Crippen molar-refractivity contribution in [2.75, 3.05) is 5.32 Å². The molecule has 19 heavy (non-hydrogen) atoms. The summed E-state index contributed by atoms with van der Waals surface area (Å²) in [7, 11) is 1.75. The third-order valence-corrected chi connectivity index (χ3v) is 2.83. The molecule has 0 atom stereocenters. The first-order chi connectivity index (χ1) is 9.13. The summed E-state index contributed by atoms with van der Waals surface area (Å²) in [6.45, 7) is 2.43. The molecule has 2 aromatic heterocycles. The van der Waals surface area contributed by atoms with E-state index in [-0.39, 0.29) is 5.91 Å². The van der Waals surface area contributed by atoms with Crippen molar-refractivity contribution in [2.24, 2.45) is 12.8 Å². The number of nitrogens with one attached hydrogen (secondary N) is 1. The van der Waals surface area contributed by atoms with Gasteiger partial charge in [0.1, 0.15) is 11.5 Å². The first-order valence-corrected chi connectivity index (χ1v) is 6.13. The summed E-state index contributed by atoms with van der Waals surface area (Å²) in [6, 6.07) is 5.35. The second-order valence-electron chi connectivity index (χ2n) is 4.21. The SMILES string of the molecule is CCc1cc(C(=O)Nc2ccc(CN)cn2)n(C)n1. The number of pyridine rings is 1. The third kappa shape index (κ3) is 2.97. The first kappa shape index (κ1) is 13.2. The molecule has 0 spiro atoms. The molecule has 1 amide bonds. The minimum atomic E-state index is -0.220. The maximum atomic E-state index is 12.1. The number of nitrogens with two attached hydrogens (primary N) is 1. The molecule has 0 aliphatic heterocycles. The Kier molecular flexibility index (Phi) is 3.91. The van der Waals surface area contributed by atoms with E-state index in [1.165, 1.54) is 0 Å². The molecule has 0 saturated heterocycles. The topological polar surface area (TPSA) is 85.8 Å². The fourth-order valence-electron chi connectivity index (χ4n) is 1.71. The molecule has 0 aromatic carbocycles. The van der Waals surface area contributed by atoms with Crippen molar-refractivity contribution in [3.05, 3.63) is 41.3 Å². The number of rotatable bonds is 4. The van der Waals surface area contributed by atoms with Crippen molar-refractivity contribution in [1.29, 1.82) is 0 Å². The van der Waals surface area contributed by atoms with Crippen LogP contribution < -0.4 is 11.1 Å². The highest BCUT2D eigenvalue weighted by Gasteiger charge is 2.13. The zero-order valence-electron chi connectivity index (χ0n) is 11.1. The number of hydrogen-bond donors (Lipinski definition) is 2. The Bertz CT molecular complexity index is 573. The van der Waals surface area contributed by atoms with Crippen LogP contribution in [0.2, 0.25) is 0 Å². The van der Waals surface area contributed by atoms with Crippen LogP contribution in [0.4, 0.5) is 5.82 Å². The number of hydrogen-bond acceptors (Lipinski definition) is 4. The van der Waals surface area contributed by atoms with Gasteiger partial charge in [-0.15, -0.1) is 0 Å². The third-order valence-electron chi connectivity index (χ3n) is 2.83. The highest BCUT2D eigenvalue weighted by molar-refractivity contribution is 6.02. The number of amides is 1. The van der Waals surface area contributed by atoms with Gasteiger partial charge in [0, 0.05) is 19.8 Å². The lowest BCUT2D eigenvalue weighted by atomic mass is 10.3. The molecule has 0 unspecified atom stereocenters. The van der Waals surface area contributed by atoms with E-state index in [1.54, 1.807) is 30.1 Å². The summed E-state index contributed by atoms with van der Waals surface area (Å²) in [5, 5.41) is 6.97. The predicted octanol–water partition coefficient (Wildman–Crippen LogP) is 1.09. The molecule has 0 aliphatic carbocycles. The Labute approximate surface area is 111 Å². The van der Waals surface area contributed by atoms with Gasteiger partial charge in [-0.2, -0.15) is 5.10 Å². The van der Waals surface area contributed by atoms with Crippen LogP contribution in [0.25, 0.3) is 0 Å². The van der Waals surface area contributed by atoms with E-state index in [9.17, 15) is 4.79 Å². The van der Waals surface area contributed by atoms with Gasteiger partial charge in [0.25, 0.3) is 5.91 Å². The summed E-state index contributed by atoms with van der Waals surface area (Å²) < 4.78 is 1.57. The molecule has 0 fully saturated rings.